The molecule has 124 valence electrons. The first-order valence-corrected chi connectivity index (χ1v) is 9.14. The Bertz CT molecular complexity index is 256. The molecule has 1 saturated carbocycles. The molecule has 0 spiro atoms. The molecule has 0 atom stereocenters. The van der Waals surface area contributed by atoms with Gasteiger partial charge >= 0.3 is 0 Å². The molecule has 21 heavy (non-hydrogen) atoms. The Morgan fingerprint density at radius 1 is 0.952 bits per heavy atom. The van der Waals surface area contributed by atoms with E-state index in [0.29, 0.717) is 0 Å². The van der Waals surface area contributed by atoms with Crippen molar-refractivity contribution in [1.29, 1.82) is 0 Å². The summed E-state index contributed by atoms with van der Waals surface area (Å²) in [6.07, 6.45) is 9.72. The third-order valence-electron chi connectivity index (χ3n) is 5.29. The van der Waals surface area contributed by atoms with Crippen molar-refractivity contribution in [2.45, 2.75) is 51.0 Å². The Balaban J connectivity index is 1.77. The highest BCUT2D eigenvalue weighted by atomic mass is 15.3. The summed E-state index contributed by atoms with van der Waals surface area (Å²) >= 11 is 0. The van der Waals surface area contributed by atoms with Crippen molar-refractivity contribution in [3.8, 4) is 0 Å². The van der Waals surface area contributed by atoms with Crippen LogP contribution in [0.4, 0.5) is 0 Å². The maximum absolute atomic E-state index is 5.75. The molecule has 4 nitrogen and oxygen atoms in total. The lowest BCUT2D eigenvalue weighted by molar-refractivity contribution is 0.114. The summed E-state index contributed by atoms with van der Waals surface area (Å²) in [5, 5.41) is 0. The van der Waals surface area contributed by atoms with E-state index in [0.717, 1.165) is 19.0 Å². The molecule has 1 heterocycles. The molecule has 2 N–H and O–H groups in total. The number of nitrogens with two attached hydrogens (primary N) is 1. The van der Waals surface area contributed by atoms with E-state index >= 15 is 0 Å². The zero-order chi connectivity index (χ0) is 14.9. The van der Waals surface area contributed by atoms with Crippen LogP contribution in [0.15, 0.2) is 0 Å². The minimum Gasteiger partial charge on any atom is -0.330 e. The Morgan fingerprint density at radius 2 is 1.62 bits per heavy atom. The average molecular weight is 297 g/mol. The largest absolute Gasteiger partial charge is 0.330 e. The fourth-order valence-corrected chi connectivity index (χ4v) is 3.74. The lowest BCUT2D eigenvalue weighted by atomic mass is 10.1. The van der Waals surface area contributed by atoms with Crippen molar-refractivity contribution in [3.63, 3.8) is 0 Å². The Hall–Kier alpha value is -0.160. The molecule has 4 heteroatoms. The molecular weight excluding hydrogens is 260 g/mol. The van der Waals surface area contributed by atoms with Crippen molar-refractivity contribution < 1.29 is 0 Å². The van der Waals surface area contributed by atoms with Gasteiger partial charge in [0.25, 0.3) is 0 Å². The number of hydrogen-bond donors (Lipinski definition) is 1. The number of hydrogen-bond acceptors (Lipinski definition) is 4. The maximum Gasteiger partial charge on any atom is 0.0112 e. The lowest BCUT2D eigenvalue weighted by Gasteiger charge is -2.36. The van der Waals surface area contributed by atoms with Gasteiger partial charge in [-0.15, -0.1) is 0 Å². The summed E-state index contributed by atoms with van der Waals surface area (Å²) in [6.45, 7) is 9.46. The van der Waals surface area contributed by atoms with Crippen LogP contribution < -0.4 is 5.73 Å². The van der Waals surface area contributed by atoms with E-state index in [9.17, 15) is 0 Å². The molecule has 0 aromatic heterocycles. The lowest BCUT2D eigenvalue weighted by Crippen LogP contribution is -2.48. The second-order valence-electron chi connectivity index (χ2n) is 6.97. The predicted octanol–water partition coefficient (Wildman–Crippen LogP) is 1.61. The van der Waals surface area contributed by atoms with Crippen LogP contribution in [0.1, 0.15) is 44.9 Å². The van der Waals surface area contributed by atoms with Gasteiger partial charge in [-0.2, -0.15) is 0 Å². The zero-order valence-corrected chi connectivity index (χ0v) is 14.1. The summed E-state index contributed by atoms with van der Waals surface area (Å²) in [5.74, 6) is 0. The number of rotatable bonds is 7. The molecule has 1 saturated heterocycles. The van der Waals surface area contributed by atoms with Gasteiger partial charge in [-0.3, -0.25) is 9.80 Å². The molecule has 0 unspecified atom stereocenters. The summed E-state index contributed by atoms with van der Waals surface area (Å²) in [5.41, 5.74) is 5.75. The number of piperazine rings is 1. The molecule has 0 radical (unpaired) electrons. The summed E-state index contributed by atoms with van der Waals surface area (Å²) < 4.78 is 0. The van der Waals surface area contributed by atoms with Crippen LogP contribution in [0, 0.1) is 0 Å². The van der Waals surface area contributed by atoms with E-state index in [1.54, 1.807) is 0 Å². The van der Waals surface area contributed by atoms with Crippen molar-refractivity contribution in [2.75, 3.05) is 59.4 Å². The van der Waals surface area contributed by atoms with Gasteiger partial charge in [0.15, 0.2) is 0 Å². The molecule has 0 aromatic carbocycles. The first-order valence-electron chi connectivity index (χ1n) is 9.14. The molecule has 2 rings (SSSR count). The summed E-state index contributed by atoms with van der Waals surface area (Å²) in [4.78, 5) is 7.84. The summed E-state index contributed by atoms with van der Waals surface area (Å²) in [7, 11) is 2.23. The van der Waals surface area contributed by atoms with Gasteiger partial charge in [-0.1, -0.05) is 25.7 Å². The van der Waals surface area contributed by atoms with Crippen LogP contribution >= 0.6 is 0 Å². The first-order chi connectivity index (χ1) is 10.3. The minimum atomic E-state index is 0.825. The van der Waals surface area contributed by atoms with E-state index < -0.39 is 0 Å². The molecule has 2 fully saturated rings. The maximum atomic E-state index is 5.75. The van der Waals surface area contributed by atoms with Crippen LogP contribution in [0.3, 0.4) is 0 Å². The van der Waals surface area contributed by atoms with Gasteiger partial charge < -0.3 is 10.6 Å². The van der Waals surface area contributed by atoms with Gasteiger partial charge in [0.2, 0.25) is 0 Å². The first kappa shape index (κ1) is 17.2. The highest BCUT2D eigenvalue weighted by Gasteiger charge is 2.21. The van der Waals surface area contributed by atoms with Crippen LogP contribution in [-0.2, 0) is 0 Å². The minimum absolute atomic E-state index is 0.825. The smallest absolute Gasteiger partial charge is 0.0112 e. The molecular formula is C17H36N4. The van der Waals surface area contributed by atoms with Crippen molar-refractivity contribution in [2.24, 2.45) is 5.73 Å². The second-order valence-corrected chi connectivity index (χ2v) is 6.97. The van der Waals surface area contributed by atoms with E-state index in [2.05, 4.69) is 21.7 Å². The predicted molar refractivity (Wildman–Crippen MR) is 90.7 cm³/mol. The molecule has 1 aliphatic carbocycles. The second kappa shape index (κ2) is 9.78. The fourth-order valence-electron chi connectivity index (χ4n) is 3.74. The molecule has 0 bridgehead atoms. The SMILES string of the molecule is CN1CCN(CCN(CCCN)C2CCCCCC2)CC1. The Morgan fingerprint density at radius 3 is 2.24 bits per heavy atom. The molecule has 1 aliphatic heterocycles. The van der Waals surface area contributed by atoms with Crippen molar-refractivity contribution in [3.05, 3.63) is 0 Å². The number of likely N-dealkylation sites (N-methyl/N-ethyl adjacent to an activating group) is 1. The van der Waals surface area contributed by atoms with Gasteiger partial charge in [0.05, 0.1) is 0 Å². The third kappa shape index (κ3) is 6.23. The monoisotopic (exact) mass is 296 g/mol. The van der Waals surface area contributed by atoms with Crippen LogP contribution in [0.5, 0.6) is 0 Å². The summed E-state index contributed by atoms with van der Waals surface area (Å²) in [6, 6.07) is 0.825. The van der Waals surface area contributed by atoms with Gasteiger partial charge in [0.1, 0.15) is 0 Å². The standard InChI is InChI=1S/C17H36N4/c1-19-11-13-20(14-12-19)15-16-21(10-6-9-18)17-7-4-2-3-5-8-17/h17H,2-16,18H2,1H3. The van der Waals surface area contributed by atoms with Crippen molar-refractivity contribution >= 4 is 0 Å². The van der Waals surface area contributed by atoms with E-state index in [1.807, 2.05) is 0 Å². The highest BCUT2D eigenvalue weighted by Crippen LogP contribution is 2.22. The van der Waals surface area contributed by atoms with Gasteiger partial charge in [-0.05, 0) is 39.4 Å². The van der Waals surface area contributed by atoms with Crippen LogP contribution in [0.25, 0.3) is 0 Å². The molecule has 2 aliphatic rings. The van der Waals surface area contributed by atoms with E-state index in [4.69, 9.17) is 5.73 Å². The van der Waals surface area contributed by atoms with E-state index in [-0.39, 0.29) is 0 Å². The molecule has 0 amide bonds. The van der Waals surface area contributed by atoms with Crippen LogP contribution in [0.2, 0.25) is 0 Å². The van der Waals surface area contributed by atoms with Crippen LogP contribution in [-0.4, -0.2) is 80.1 Å². The van der Waals surface area contributed by atoms with Gasteiger partial charge in [-0.25, -0.2) is 0 Å². The molecule has 0 aromatic rings. The normalized spacial score (nSPS) is 23.6. The third-order valence-corrected chi connectivity index (χ3v) is 5.29. The van der Waals surface area contributed by atoms with Crippen molar-refractivity contribution in [1.82, 2.24) is 14.7 Å². The Labute approximate surface area is 131 Å². The highest BCUT2D eigenvalue weighted by molar-refractivity contribution is 4.77. The quantitative estimate of drug-likeness (QED) is 0.724. The van der Waals surface area contributed by atoms with Gasteiger partial charge in [0, 0.05) is 45.3 Å². The average Bonchev–Trinajstić information content (AvgIpc) is 2.78. The zero-order valence-electron chi connectivity index (χ0n) is 14.1. The topological polar surface area (TPSA) is 35.7 Å². The number of nitrogens with zero attached hydrogens (tertiary/aromatic N) is 3. The van der Waals surface area contributed by atoms with E-state index in [1.165, 1.54) is 84.3 Å². The fraction of sp³-hybridized carbons (Fsp3) is 1.00. The Kier molecular flexibility index (Phi) is 8.01.